The minimum Gasteiger partial charge on any atom is -0.502 e. The number of carbonyl (C=O) groups excluding carboxylic acids is 1. The molecule has 0 saturated carbocycles. The molecule has 0 radical (unpaired) electrons. The zero-order valence-corrected chi connectivity index (χ0v) is 12.3. The molecule has 0 aliphatic carbocycles. The molecule has 0 bridgehead atoms. The Morgan fingerprint density at radius 3 is 2.70 bits per heavy atom. The van der Waals surface area contributed by atoms with Gasteiger partial charge in [0.1, 0.15) is 5.75 Å². The Labute approximate surface area is 123 Å². The number of halogens is 1. The van der Waals surface area contributed by atoms with Crippen molar-refractivity contribution < 1.29 is 24.3 Å². The van der Waals surface area contributed by atoms with Gasteiger partial charge in [-0.15, -0.1) is 0 Å². The summed E-state index contributed by atoms with van der Waals surface area (Å²) in [5, 5.41) is 20.5. The van der Waals surface area contributed by atoms with Crippen molar-refractivity contribution in [3.8, 4) is 5.75 Å². The predicted molar refractivity (Wildman–Crippen MR) is 74.6 cm³/mol. The van der Waals surface area contributed by atoms with Crippen LogP contribution in [0, 0.1) is 10.1 Å². The second kappa shape index (κ2) is 6.90. The molecule has 7 nitrogen and oxygen atoms in total. The van der Waals surface area contributed by atoms with Crippen molar-refractivity contribution in [2.45, 2.75) is 6.92 Å². The molecule has 1 rings (SSSR count). The number of hydrogen-bond donors (Lipinski definition) is 1. The fourth-order valence-electron chi connectivity index (χ4n) is 1.40. The monoisotopic (exact) mass is 345 g/mol. The average Bonchev–Trinajstić information content (AvgIpc) is 2.38. The van der Waals surface area contributed by atoms with Gasteiger partial charge in [-0.2, -0.15) is 0 Å². The first-order chi connectivity index (χ1) is 9.40. The van der Waals surface area contributed by atoms with Gasteiger partial charge in [-0.25, -0.2) is 4.79 Å². The topological polar surface area (TPSA) is 98.9 Å². The fraction of sp³-hybridized carbons (Fsp3) is 0.250. The smallest absolute Gasteiger partial charge is 0.373 e. The number of methoxy groups -OCH3 is 1. The number of ether oxygens (including phenoxy) is 2. The Balaban J connectivity index is 3.30. The van der Waals surface area contributed by atoms with Crippen LogP contribution in [0.15, 0.2) is 22.4 Å². The van der Waals surface area contributed by atoms with Crippen molar-refractivity contribution in [2.75, 3.05) is 13.7 Å². The van der Waals surface area contributed by atoms with Crippen molar-refractivity contribution in [3.05, 3.63) is 38.0 Å². The minimum absolute atomic E-state index is 0.0493. The quantitative estimate of drug-likeness (QED) is 0.289. The summed E-state index contributed by atoms with van der Waals surface area (Å²) < 4.78 is 10.00. The number of carbonyl (C=O) groups is 1. The number of aliphatic hydroxyl groups is 1. The molecule has 0 atom stereocenters. The maximum absolute atomic E-state index is 11.3. The van der Waals surface area contributed by atoms with Gasteiger partial charge in [-0.3, -0.25) is 10.1 Å². The van der Waals surface area contributed by atoms with Gasteiger partial charge in [0.2, 0.25) is 5.76 Å². The Bertz CT molecular complexity index is 569. The van der Waals surface area contributed by atoms with Gasteiger partial charge >= 0.3 is 5.97 Å². The Hall–Kier alpha value is -2.09. The zero-order chi connectivity index (χ0) is 15.3. The Morgan fingerprint density at radius 2 is 2.20 bits per heavy atom. The third-order valence-corrected chi connectivity index (χ3v) is 2.89. The van der Waals surface area contributed by atoms with Crippen LogP contribution < -0.4 is 4.74 Å². The zero-order valence-electron chi connectivity index (χ0n) is 10.8. The van der Waals surface area contributed by atoms with E-state index in [0.717, 1.165) is 6.08 Å². The summed E-state index contributed by atoms with van der Waals surface area (Å²) in [7, 11) is 1.37. The molecule has 0 aliphatic heterocycles. The number of aliphatic hydroxyl groups excluding tert-OH is 1. The van der Waals surface area contributed by atoms with Gasteiger partial charge in [0.15, 0.2) is 0 Å². The van der Waals surface area contributed by atoms with Crippen LogP contribution in [0.2, 0.25) is 0 Å². The molecule has 1 N–H and O–H groups in total. The molecule has 20 heavy (non-hydrogen) atoms. The molecule has 0 aliphatic rings. The van der Waals surface area contributed by atoms with Gasteiger partial charge in [0.05, 0.1) is 34.7 Å². The van der Waals surface area contributed by atoms with E-state index in [0.29, 0.717) is 4.47 Å². The molecule has 8 heteroatoms. The largest absolute Gasteiger partial charge is 0.502 e. The first-order valence-corrected chi connectivity index (χ1v) is 6.29. The fourth-order valence-corrected chi connectivity index (χ4v) is 1.92. The standard InChI is InChI=1S/C12H12BrNO6/c1-3-20-12(16)10(15)5-7-4-8(13)11(19-2)6-9(7)14(17)18/h4-6,15H,3H2,1-2H3/b10-5+. The van der Waals surface area contributed by atoms with Crippen molar-refractivity contribution in [3.63, 3.8) is 0 Å². The van der Waals surface area contributed by atoms with Gasteiger partial charge < -0.3 is 14.6 Å². The highest BCUT2D eigenvalue weighted by Crippen LogP contribution is 2.33. The highest BCUT2D eigenvalue weighted by Gasteiger charge is 2.19. The first kappa shape index (κ1) is 16.0. The number of nitro benzene ring substituents is 1. The first-order valence-electron chi connectivity index (χ1n) is 5.50. The number of rotatable bonds is 5. The molecule has 0 unspecified atom stereocenters. The van der Waals surface area contributed by atoms with Gasteiger partial charge in [0.25, 0.3) is 5.69 Å². The van der Waals surface area contributed by atoms with Crippen LogP contribution in [0.5, 0.6) is 5.75 Å². The SMILES string of the molecule is CCOC(=O)/C(O)=C\c1cc(Br)c(OC)cc1[N+](=O)[O-]. The molecule has 0 aromatic heterocycles. The van der Waals surface area contributed by atoms with Crippen molar-refractivity contribution in [1.29, 1.82) is 0 Å². The van der Waals surface area contributed by atoms with Crippen LogP contribution in [0.3, 0.4) is 0 Å². The van der Waals surface area contributed by atoms with E-state index in [-0.39, 0.29) is 23.6 Å². The lowest BCUT2D eigenvalue weighted by atomic mass is 10.1. The molecule has 1 aromatic rings. The number of esters is 1. The maximum atomic E-state index is 11.3. The second-order valence-corrected chi connectivity index (χ2v) is 4.41. The van der Waals surface area contributed by atoms with Crippen LogP contribution in [-0.2, 0) is 9.53 Å². The van der Waals surface area contributed by atoms with E-state index in [4.69, 9.17) is 4.74 Å². The summed E-state index contributed by atoms with van der Waals surface area (Å²) >= 11 is 3.17. The van der Waals surface area contributed by atoms with E-state index in [9.17, 15) is 20.0 Å². The molecular weight excluding hydrogens is 334 g/mol. The summed E-state index contributed by atoms with van der Waals surface area (Å²) in [6.07, 6.45) is 0.973. The van der Waals surface area contributed by atoms with Gasteiger partial charge in [-0.05, 0) is 28.9 Å². The predicted octanol–water partition coefficient (Wildman–Crippen LogP) is 2.83. The Morgan fingerprint density at radius 1 is 1.55 bits per heavy atom. The van der Waals surface area contributed by atoms with E-state index < -0.39 is 16.7 Å². The molecule has 1 aromatic carbocycles. The van der Waals surface area contributed by atoms with Gasteiger partial charge in [-0.1, -0.05) is 0 Å². The maximum Gasteiger partial charge on any atom is 0.373 e. The van der Waals surface area contributed by atoms with Crippen molar-refractivity contribution >= 4 is 33.7 Å². The van der Waals surface area contributed by atoms with Crippen LogP contribution in [0.1, 0.15) is 12.5 Å². The van der Waals surface area contributed by atoms with Crippen LogP contribution in [0.25, 0.3) is 6.08 Å². The van der Waals surface area contributed by atoms with Crippen LogP contribution in [-0.4, -0.2) is 29.7 Å². The summed E-state index contributed by atoms with van der Waals surface area (Å²) in [4.78, 5) is 21.6. The summed E-state index contributed by atoms with van der Waals surface area (Å²) in [6, 6.07) is 2.56. The number of nitro groups is 1. The highest BCUT2D eigenvalue weighted by molar-refractivity contribution is 9.10. The van der Waals surface area contributed by atoms with E-state index in [1.54, 1.807) is 6.92 Å². The third kappa shape index (κ3) is 3.70. The molecular formula is C12H12BrNO6. The molecule has 0 spiro atoms. The lowest BCUT2D eigenvalue weighted by molar-refractivity contribution is -0.385. The van der Waals surface area contributed by atoms with E-state index >= 15 is 0 Å². The molecule has 0 amide bonds. The number of benzene rings is 1. The summed E-state index contributed by atoms with van der Waals surface area (Å²) in [5.41, 5.74) is -0.255. The average molecular weight is 346 g/mol. The van der Waals surface area contributed by atoms with Crippen molar-refractivity contribution in [1.82, 2.24) is 0 Å². The molecule has 108 valence electrons. The van der Waals surface area contributed by atoms with Gasteiger partial charge in [0, 0.05) is 6.08 Å². The van der Waals surface area contributed by atoms with E-state index in [1.165, 1.54) is 19.2 Å². The lowest BCUT2D eigenvalue weighted by Gasteiger charge is -2.06. The number of nitrogens with zero attached hydrogens (tertiary/aromatic N) is 1. The van der Waals surface area contributed by atoms with Crippen LogP contribution in [0.4, 0.5) is 5.69 Å². The summed E-state index contributed by atoms with van der Waals surface area (Å²) in [5.74, 6) is -1.40. The van der Waals surface area contributed by atoms with Crippen LogP contribution >= 0.6 is 15.9 Å². The number of hydrogen-bond acceptors (Lipinski definition) is 6. The third-order valence-electron chi connectivity index (χ3n) is 2.27. The van der Waals surface area contributed by atoms with E-state index in [2.05, 4.69) is 20.7 Å². The highest BCUT2D eigenvalue weighted by atomic mass is 79.9. The van der Waals surface area contributed by atoms with E-state index in [1.807, 2.05) is 0 Å². The minimum atomic E-state index is -0.950. The van der Waals surface area contributed by atoms with Crippen molar-refractivity contribution in [2.24, 2.45) is 0 Å². The molecule has 0 heterocycles. The lowest BCUT2D eigenvalue weighted by Crippen LogP contribution is -2.07. The summed E-state index contributed by atoms with van der Waals surface area (Å²) in [6.45, 7) is 1.67. The Kier molecular flexibility index (Phi) is 5.51. The molecule has 0 saturated heterocycles. The second-order valence-electron chi connectivity index (χ2n) is 3.55. The molecule has 0 fully saturated rings. The normalized spacial score (nSPS) is 11.1.